The third-order valence-electron chi connectivity index (χ3n) is 13.9. The number of ether oxygens (including phenoxy) is 3. The number of benzene rings is 2. The molecule has 15 nitrogen and oxygen atoms in total. The fourth-order valence-electron chi connectivity index (χ4n) is 9.23. The van der Waals surface area contributed by atoms with E-state index in [0.29, 0.717) is 50.5 Å². The molecule has 2 unspecified atom stereocenters. The van der Waals surface area contributed by atoms with Crippen molar-refractivity contribution in [2.75, 3.05) is 89.0 Å². The molecule has 18 heteroatoms. The highest BCUT2D eigenvalue weighted by Crippen LogP contribution is 2.46. The minimum atomic E-state index is -2.59. The SMILES string of the molecule is CC(C)(C)OC(=O)N1CCC(CCI)CC1.CC(C)(C)OC(=O)N1CCC(CCO)CC1.CC(C)(C)OC(=O)N1CCC(CCP(C)(=O)OCc2ccccc2)CC1.CP(=O)(CCC1CCNCC1)OCc1ccccc1. The van der Waals surface area contributed by atoms with E-state index >= 15 is 0 Å². The van der Waals surface area contributed by atoms with Gasteiger partial charge < -0.3 is 48.4 Å². The van der Waals surface area contributed by atoms with Crippen molar-refractivity contribution < 1.29 is 51.9 Å². The maximum atomic E-state index is 12.7. The van der Waals surface area contributed by atoms with Crippen LogP contribution in [-0.4, -0.2) is 144 Å². The van der Waals surface area contributed by atoms with E-state index < -0.39 is 25.9 Å². The molecule has 4 heterocycles. The average Bonchev–Trinajstić information content (AvgIpc) is 3.37. The number of rotatable bonds is 16. The molecule has 4 fully saturated rings. The molecule has 0 spiro atoms. The minimum absolute atomic E-state index is 0.152. The van der Waals surface area contributed by atoms with Crippen LogP contribution in [0.5, 0.6) is 0 Å². The van der Waals surface area contributed by atoms with Crippen LogP contribution in [0.1, 0.15) is 150 Å². The van der Waals surface area contributed by atoms with Crippen molar-refractivity contribution in [1.29, 1.82) is 0 Å². The van der Waals surface area contributed by atoms with Crippen LogP contribution in [0.25, 0.3) is 0 Å². The molecule has 2 N–H and O–H groups in total. The number of piperidine rings is 4. The molecule has 0 saturated carbocycles. The average molecular weight is 1230 g/mol. The highest BCUT2D eigenvalue weighted by Gasteiger charge is 2.30. The standard InChI is InChI=1S/C20H32NO4P.C15H24NO2P.C12H22INO2.C12H23NO3/c1-20(2,3)25-19(22)21-13-10-17(11-14-21)12-15-26(4,23)24-16-18-8-6-5-7-9-18;1-19(17,12-9-14-7-10-16-11-8-14)18-13-15-5-3-2-4-6-15;1-12(2,3)16-11(15)14-8-5-10(4-7-13)6-9-14;1-12(2,3)16-11(15)13-7-4-10(5-8-13)6-9-14/h5-9,17H,10-16H2,1-4H3;2-6,14,16H,7-13H2,1H3;10H,4-9H2,1-3H3;10,14H,4-9H2,1-3H3. The zero-order chi connectivity index (χ0) is 57.1. The van der Waals surface area contributed by atoms with Crippen LogP contribution in [0.15, 0.2) is 60.7 Å². The number of hydrogen-bond donors (Lipinski definition) is 2. The van der Waals surface area contributed by atoms with E-state index in [2.05, 4.69) is 27.9 Å². The lowest BCUT2D eigenvalue weighted by molar-refractivity contribution is 0.0167. The second-order valence-corrected chi connectivity index (χ2v) is 31.0. The van der Waals surface area contributed by atoms with Gasteiger partial charge in [0.05, 0.1) is 13.2 Å². The molecule has 2 aromatic carbocycles. The van der Waals surface area contributed by atoms with Gasteiger partial charge in [0.1, 0.15) is 16.8 Å². The first kappa shape index (κ1) is 68.6. The van der Waals surface area contributed by atoms with Crippen LogP contribution in [-0.2, 0) is 45.6 Å². The zero-order valence-electron chi connectivity index (χ0n) is 49.1. The van der Waals surface area contributed by atoms with Crippen LogP contribution >= 0.6 is 37.3 Å². The van der Waals surface area contributed by atoms with Gasteiger partial charge in [0.2, 0.25) is 14.7 Å². The van der Waals surface area contributed by atoms with Crippen molar-refractivity contribution in [3.8, 4) is 0 Å². The first-order chi connectivity index (χ1) is 36.1. The molecule has 440 valence electrons. The summed E-state index contributed by atoms with van der Waals surface area (Å²) < 4.78 is 53.7. The van der Waals surface area contributed by atoms with Gasteiger partial charge in [-0.1, -0.05) is 83.3 Å². The van der Waals surface area contributed by atoms with E-state index in [-0.39, 0.29) is 30.5 Å². The van der Waals surface area contributed by atoms with Crippen LogP contribution in [0.3, 0.4) is 0 Å². The number of alkyl halides is 1. The zero-order valence-corrected chi connectivity index (χ0v) is 53.1. The van der Waals surface area contributed by atoms with E-state index in [1.54, 1.807) is 23.1 Å². The van der Waals surface area contributed by atoms with Crippen LogP contribution < -0.4 is 5.32 Å². The van der Waals surface area contributed by atoms with Crippen molar-refractivity contribution >= 4 is 55.6 Å². The number of carbonyl (C=O) groups is 3. The van der Waals surface area contributed by atoms with Crippen LogP contribution in [0, 0.1) is 23.7 Å². The number of amides is 3. The van der Waals surface area contributed by atoms with E-state index in [4.69, 9.17) is 28.4 Å². The number of halogens is 1. The molecule has 0 bridgehead atoms. The van der Waals surface area contributed by atoms with E-state index in [0.717, 1.165) is 120 Å². The lowest BCUT2D eigenvalue weighted by atomic mass is 9.94. The summed E-state index contributed by atoms with van der Waals surface area (Å²) in [6.45, 7) is 28.4. The Morgan fingerprint density at radius 2 is 0.818 bits per heavy atom. The van der Waals surface area contributed by atoms with Gasteiger partial charge in [-0.3, -0.25) is 9.13 Å². The molecular weight excluding hydrogens is 1130 g/mol. The lowest BCUT2D eigenvalue weighted by Gasteiger charge is -2.33. The lowest BCUT2D eigenvalue weighted by Crippen LogP contribution is -2.41. The molecule has 0 aliphatic carbocycles. The molecule has 3 amide bonds. The number of nitrogens with one attached hydrogen (secondary N) is 1. The third-order valence-corrected chi connectivity index (χ3v) is 18.0. The van der Waals surface area contributed by atoms with Gasteiger partial charge in [0.25, 0.3) is 0 Å². The molecule has 4 aliphatic rings. The second kappa shape index (κ2) is 34.5. The van der Waals surface area contributed by atoms with Gasteiger partial charge in [-0.25, -0.2) is 14.4 Å². The Morgan fingerprint density at radius 3 is 1.12 bits per heavy atom. The van der Waals surface area contributed by atoms with Gasteiger partial charge in [0, 0.05) is 71.5 Å². The topological polar surface area (TPSA) is 173 Å². The molecule has 0 aromatic heterocycles. The maximum absolute atomic E-state index is 12.7. The monoisotopic (exact) mass is 1230 g/mol. The Morgan fingerprint density at radius 1 is 0.519 bits per heavy atom. The Hall–Kier alpha value is -2.72. The van der Waals surface area contributed by atoms with Gasteiger partial charge >= 0.3 is 18.3 Å². The summed E-state index contributed by atoms with van der Waals surface area (Å²) in [5, 5.41) is 12.2. The molecule has 2 aromatic rings. The van der Waals surface area contributed by atoms with E-state index in [1.807, 2.05) is 128 Å². The van der Waals surface area contributed by atoms with Gasteiger partial charge in [-0.15, -0.1) is 0 Å². The number of nitrogens with zero attached hydrogens (tertiary/aromatic N) is 3. The van der Waals surface area contributed by atoms with E-state index in [1.165, 1.54) is 23.7 Å². The number of aliphatic hydroxyl groups is 1. The second-order valence-electron chi connectivity index (χ2n) is 24.5. The molecule has 4 saturated heterocycles. The number of aliphatic hydroxyl groups excluding tert-OH is 1. The molecule has 2 atom stereocenters. The molecule has 6 rings (SSSR count). The Balaban J connectivity index is 0.000000276. The van der Waals surface area contributed by atoms with Crippen molar-refractivity contribution in [2.45, 2.75) is 169 Å². The summed E-state index contributed by atoms with van der Waals surface area (Å²) in [5.41, 5.74) is 0.875. The summed E-state index contributed by atoms with van der Waals surface area (Å²) in [5.74, 6) is 2.57. The quantitative estimate of drug-likeness (QED) is 0.0706. The summed E-state index contributed by atoms with van der Waals surface area (Å²) in [4.78, 5) is 41.0. The number of likely N-dealkylation sites (tertiary alicyclic amines) is 3. The van der Waals surface area contributed by atoms with Crippen molar-refractivity contribution in [3.05, 3.63) is 71.8 Å². The fourth-order valence-corrected chi connectivity index (χ4v) is 12.9. The highest BCUT2D eigenvalue weighted by atomic mass is 127. The van der Waals surface area contributed by atoms with Crippen molar-refractivity contribution in [3.63, 3.8) is 0 Å². The minimum Gasteiger partial charge on any atom is -0.444 e. The predicted molar refractivity (Wildman–Crippen MR) is 321 cm³/mol. The molecule has 4 aliphatic heterocycles. The highest BCUT2D eigenvalue weighted by molar-refractivity contribution is 14.1. The predicted octanol–water partition coefficient (Wildman–Crippen LogP) is 14.1. The van der Waals surface area contributed by atoms with Gasteiger partial charge in [0.15, 0.2) is 0 Å². The fraction of sp³-hybridized carbons (Fsp3) is 0.746. The van der Waals surface area contributed by atoms with Crippen molar-refractivity contribution in [2.24, 2.45) is 23.7 Å². The summed E-state index contributed by atoms with van der Waals surface area (Å²) >= 11 is 2.42. The largest absolute Gasteiger partial charge is 0.444 e. The number of hydrogen-bond acceptors (Lipinski definition) is 12. The summed E-state index contributed by atoms with van der Waals surface area (Å²) in [7, 11) is -5.04. The first-order valence-electron chi connectivity index (χ1n) is 28.5. The summed E-state index contributed by atoms with van der Waals surface area (Å²) in [6.07, 6.45) is 13.2. The smallest absolute Gasteiger partial charge is 0.410 e. The van der Waals surface area contributed by atoms with Gasteiger partial charge in [-0.2, -0.15) is 0 Å². The van der Waals surface area contributed by atoms with Gasteiger partial charge in [-0.05, 0) is 192 Å². The Bertz CT molecular complexity index is 2010. The Labute approximate surface area is 478 Å². The maximum Gasteiger partial charge on any atom is 0.410 e. The van der Waals surface area contributed by atoms with Crippen molar-refractivity contribution in [1.82, 2.24) is 20.0 Å². The molecular formula is C59H101IN4O11P2. The van der Waals surface area contributed by atoms with E-state index in [9.17, 15) is 23.5 Å². The normalized spacial score (nSPS) is 18.9. The first-order valence-corrected chi connectivity index (χ1v) is 34.5. The summed E-state index contributed by atoms with van der Waals surface area (Å²) in [6, 6.07) is 19.8. The third kappa shape index (κ3) is 31.8. The van der Waals surface area contributed by atoms with Crippen LogP contribution in [0.4, 0.5) is 14.4 Å². The Kier molecular flexibility index (Phi) is 30.8. The molecule has 0 radical (unpaired) electrons. The molecule has 77 heavy (non-hydrogen) atoms. The van der Waals surface area contributed by atoms with Crippen LogP contribution in [0.2, 0.25) is 0 Å². The number of carbonyl (C=O) groups excluding carboxylic acids is 3.